The quantitative estimate of drug-likeness (QED) is 0.764. The van der Waals surface area contributed by atoms with E-state index in [0.29, 0.717) is 58.8 Å². The highest BCUT2D eigenvalue weighted by atomic mass is 35.5. The number of nitrogens with one attached hydrogen (secondary N) is 1. The van der Waals surface area contributed by atoms with E-state index in [4.69, 9.17) is 10.5 Å². The summed E-state index contributed by atoms with van der Waals surface area (Å²) in [5.41, 5.74) is 6.30. The molecule has 27 heavy (non-hydrogen) atoms. The normalized spacial score (nSPS) is 19.4. The standard InChI is InChI=1S/C18H26N4O3.2ClH/c19-18(6-12-25-13-7-18)17(24)22-10-8-21(9-11-22)14-16(23)20-15-4-2-1-3-5-15;;/h1-5H,6-14,19H2,(H,20,23);2*1H. The van der Waals surface area contributed by atoms with Crippen molar-refractivity contribution in [3.63, 3.8) is 0 Å². The third-order valence-electron chi connectivity index (χ3n) is 4.90. The lowest BCUT2D eigenvalue weighted by atomic mass is 9.89. The molecule has 9 heteroatoms. The molecule has 7 nitrogen and oxygen atoms in total. The summed E-state index contributed by atoms with van der Waals surface area (Å²) >= 11 is 0. The Morgan fingerprint density at radius 1 is 1.04 bits per heavy atom. The second-order valence-electron chi connectivity index (χ2n) is 6.75. The SMILES string of the molecule is Cl.Cl.NC1(C(=O)N2CCN(CC(=O)Nc3ccccc3)CC2)CCOCC1. The number of halogens is 2. The minimum absolute atomic E-state index is 0. The summed E-state index contributed by atoms with van der Waals surface area (Å²) in [5, 5.41) is 2.89. The van der Waals surface area contributed by atoms with E-state index in [1.165, 1.54) is 0 Å². The Bertz CT molecular complexity index is 604. The van der Waals surface area contributed by atoms with E-state index >= 15 is 0 Å². The van der Waals surface area contributed by atoms with Gasteiger partial charge in [0, 0.05) is 45.1 Å². The van der Waals surface area contributed by atoms with Gasteiger partial charge in [-0.05, 0) is 25.0 Å². The first-order valence-corrected chi connectivity index (χ1v) is 8.80. The van der Waals surface area contributed by atoms with E-state index < -0.39 is 5.54 Å². The van der Waals surface area contributed by atoms with Crippen molar-refractivity contribution in [2.75, 3.05) is 51.3 Å². The fourth-order valence-corrected chi connectivity index (χ4v) is 3.30. The molecule has 2 heterocycles. The number of rotatable bonds is 4. The molecular weight excluding hydrogens is 391 g/mol. The monoisotopic (exact) mass is 418 g/mol. The Labute approximate surface area is 172 Å². The molecular formula is C18H28Cl2N4O3. The van der Waals surface area contributed by atoms with Gasteiger partial charge < -0.3 is 20.7 Å². The molecule has 0 radical (unpaired) electrons. The van der Waals surface area contributed by atoms with Crippen LogP contribution in [0.2, 0.25) is 0 Å². The number of anilines is 1. The topological polar surface area (TPSA) is 87.9 Å². The molecule has 3 rings (SSSR count). The number of hydrogen-bond acceptors (Lipinski definition) is 5. The van der Waals surface area contributed by atoms with Crippen LogP contribution in [-0.4, -0.2) is 73.1 Å². The van der Waals surface area contributed by atoms with E-state index in [-0.39, 0.29) is 36.6 Å². The zero-order valence-electron chi connectivity index (χ0n) is 15.3. The Morgan fingerprint density at radius 3 is 2.22 bits per heavy atom. The number of carbonyl (C=O) groups excluding carboxylic acids is 2. The van der Waals surface area contributed by atoms with Crippen LogP contribution in [0, 0.1) is 0 Å². The lowest BCUT2D eigenvalue weighted by Gasteiger charge is -2.40. The number of piperazine rings is 1. The van der Waals surface area contributed by atoms with Gasteiger partial charge in [-0.15, -0.1) is 24.8 Å². The van der Waals surface area contributed by atoms with Crippen LogP contribution in [0.15, 0.2) is 30.3 Å². The van der Waals surface area contributed by atoms with Gasteiger partial charge in [0.25, 0.3) is 0 Å². The van der Waals surface area contributed by atoms with E-state index in [9.17, 15) is 9.59 Å². The van der Waals surface area contributed by atoms with Crippen molar-refractivity contribution in [1.29, 1.82) is 0 Å². The zero-order valence-corrected chi connectivity index (χ0v) is 16.9. The number of benzene rings is 1. The molecule has 0 bridgehead atoms. The summed E-state index contributed by atoms with van der Waals surface area (Å²) in [6.45, 7) is 4.00. The number of hydrogen-bond donors (Lipinski definition) is 2. The summed E-state index contributed by atoms with van der Waals surface area (Å²) in [6.07, 6.45) is 1.15. The molecule has 0 saturated carbocycles. The van der Waals surface area contributed by atoms with E-state index in [0.717, 1.165) is 5.69 Å². The first-order valence-electron chi connectivity index (χ1n) is 8.80. The number of carbonyl (C=O) groups is 2. The van der Waals surface area contributed by atoms with Crippen molar-refractivity contribution >= 4 is 42.3 Å². The van der Waals surface area contributed by atoms with Gasteiger partial charge in [-0.25, -0.2) is 0 Å². The zero-order chi connectivity index (χ0) is 17.7. The average Bonchev–Trinajstić information content (AvgIpc) is 2.63. The van der Waals surface area contributed by atoms with Crippen molar-refractivity contribution in [3.8, 4) is 0 Å². The molecule has 0 unspecified atom stereocenters. The maximum Gasteiger partial charge on any atom is 0.242 e. The van der Waals surface area contributed by atoms with Crippen molar-refractivity contribution in [1.82, 2.24) is 9.80 Å². The number of ether oxygens (including phenoxy) is 1. The van der Waals surface area contributed by atoms with Gasteiger partial charge in [0.15, 0.2) is 0 Å². The minimum Gasteiger partial charge on any atom is -0.381 e. The van der Waals surface area contributed by atoms with Gasteiger partial charge in [-0.3, -0.25) is 14.5 Å². The molecule has 2 saturated heterocycles. The van der Waals surface area contributed by atoms with Crippen LogP contribution >= 0.6 is 24.8 Å². The van der Waals surface area contributed by atoms with E-state index in [1.54, 1.807) is 0 Å². The fourth-order valence-electron chi connectivity index (χ4n) is 3.30. The number of nitrogens with two attached hydrogens (primary N) is 1. The fraction of sp³-hybridized carbons (Fsp3) is 0.556. The van der Waals surface area contributed by atoms with Gasteiger partial charge in [-0.2, -0.15) is 0 Å². The van der Waals surface area contributed by atoms with Crippen molar-refractivity contribution in [3.05, 3.63) is 30.3 Å². The second-order valence-corrected chi connectivity index (χ2v) is 6.75. The number of nitrogens with zero attached hydrogens (tertiary/aromatic N) is 2. The van der Waals surface area contributed by atoms with Gasteiger partial charge >= 0.3 is 0 Å². The first-order chi connectivity index (χ1) is 12.1. The van der Waals surface area contributed by atoms with Crippen LogP contribution in [0.4, 0.5) is 5.69 Å². The summed E-state index contributed by atoms with van der Waals surface area (Å²) < 4.78 is 5.31. The lowest BCUT2D eigenvalue weighted by Crippen LogP contribution is -2.61. The predicted octanol–water partition coefficient (Wildman–Crippen LogP) is 1.12. The van der Waals surface area contributed by atoms with Gasteiger partial charge in [0.2, 0.25) is 11.8 Å². The summed E-state index contributed by atoms with van der Waals surface area (Å²) in [7, 11) is 0. The van der Waals surface area contributed by atoms with E-state index in [2.05, 4.69) is 10.2 Å². The Balaban J connectivity index is 0.00000182. The summed E-state index contributed by atoms with van der Waals surface area (Å²) in [6, 6.07) is 9.42. The molecule has 1 aromatic carbocycles. The molecule has 152 valence electrons. The predicted molar refractivity (Wildman–Crippen MR) is 110 cm³/mol. The van der Waals surface area contributed by atoms with E-state index in [1.807, 2.05) is 35.2 Å². The van der Waals surface area contributed by atoms with Crippen molar-refractivity contribution in [2.45, 2.75) is 18.4 Å². The Morgan fingerprint density at radius 2 is 1.63 bits per heavy atom. The van der Waals surface area contributed by atoms with Crippen LogP contribution in [-0.2, 0) is 14.3 Å². The Hall–Kier alpha value is -1.38. The first kappa shape index (κ1) is 23.7. The third-order valence-corrected chi connectivity index (χ3v) is 4.90. The third kappa shape index (κ3) is 6.33. The number of amides is 2. The molecule has 2 aliphatic rings. The minimum atomic E-state index is -0.787. The molecule has 3 N–H and O–H groups in total. The molecule has 0 atom stereocenters. The van der Waals surface area contributed by atoms with Gasteiger partial charge in [-0.1, -0.05) is 18.2 Å². The summed E-state index contributed by atoms with van der Waals surface area (Å²) in [5.74, 6) is -0.0186. The van der Waals surface area contributed by atoms with Crippen LogP contribution in [0.3, 0.4) is 0 Å². The second kappa shape index (κ2) is 10.8. The van der Waals surface area contributed by atoms with Crippen LogP contribution in [0.1, 0.15) is 12.8 Å². The highest BCUT2D eigenvalue weighted by Crippen LogP contribution is 2.21. The number of para-hydroxylation sites is 1. The molecule has 0 aromatic heterocycles. The van der Waals surface area contributed by atoms with Crippen molar-refractivity contribution < 1.29 is 14.3 Å². The largest absolute Gasteiger partial charge is 0.381 e. The van der Waals surface area contributed by atoms with Crippen LogP contribution < -0.4 is 11.1 Å². The maximum atomic E-state index is 12.7. The van der Waals surface area contributed by atoms with Crippen LogP contribution in [0.25, 0.3) is 0 Å². The van der Waals surface area contributed by atoms with Gasteiger partial charge in [0.05, 0.1) is 12.1 Å². The molecule has 0 spiro atoms. The highest BCUT2D eigenvalue weighted by molar-refractivity contribution is 5.92. The smallest absolute Gasteiger partial charge is 0.242 e. The average molecular weight is 419 g/mol. The summed E-state index contributed by atoms with van der Waals surface area (Å²) in [4.78, 5) is 28.7. The molecule has 0 aliphatic carbocycles. The Kier molecular flexibility index (Phi) is 9.49. The van der Waals surface area contributed by atoms with Crippen LogP contribution in [0.5, 0.6) is 0 Å². The molecule has 2 fully saturated rings. The molecule has 2 amide bonds. The lowest BCUT2D eigenvalue weighted by molar-refractivity contribution is -0.142. The maximum absolute atomic E-state index is 12.7. The highest BCUT2D eigenvalue weighted by Gasteiger charge is 2.39. The molecule has 2 aliphatic heterocycles. The van der Waals surface area contributed by atoms with Gasteiger partial charge in [0.1, 0.15) is 0 Å². The van der Waals surface area contributed by atoms with Crippen molar-refractivity contribution in [2.24, 2.45) is 5.73 Å². The molecule has 1 aromatic rings.